The number of rotatable bonds is 2. The van der Waals surface area contributed by atoms with E-state index in [9.17, 15) is 4.79 Å². The zero-order valence-electron chi connectivity index (χ0n) is 12.1. The molecule has 1 saturated heterocycles. The minimum Gasteiger partial charge on any atom is -0.339 e. The Morgan fingerprint density at radius 3 is 2.84 bits per heavy atom. The minimum absolute atomic E-state index is 0.145. The Bertz CT molecular complexity index is 490. The average molecular weight is 257 g/mol. The van der Waals surface area contributed by atoms with Gasteiger partial charge in [-0.3, -0.25) is 4.79 Å². The Balaban J connectivity index is 2.03. The lowest BCUT2D eigenvalue weighted by Crippen LogP contribution is -2.38. The lowest BCUT2D eigenvalue weighted by molar-refractivity contribution is -0.127. The normalized spacial score (nSPS) is 19.9. The highest BCUT2D eigenvalue weighted by molar-refractivity contribution is 5.92. The van der Waals surface area contributed by atoms with Crippen LogP contribution in [0.3, 0.4) is 0 Å². The Kier molecular flexibility index (Phi) is 4.41. The quantitative estimate of drug-likeness (QED) is 0.742. The fourth-order valence-electron chi connectivity index (χ4n) is 2.67. The van der Waals surface area contributed by atoms with E-state index in [2.05, 4.69) is 39.0 Å². The third kappa shape index (κ3) is 3.69. The van der Waals surface area contributed by atoms with Crippen LogP contribution in [0.4, 0.5) is 0 Å². The molecule has 19 heavy (non-hydrogen) atoms. The van der Waals surface area contributed by atoms with Gasteiger partial charge >= 0.3 is 0 Å². The number of hydrogen-bond donors (Lipinski definition) is 0. The molecule has 2 nitrogen and oxygen atoms in total. The van der Waals surface area contributed by atoms with Gasteiger partial charge in [0.25, 0.3) is 0 Å². The average Bonchev–Trinajstić information content (AvgIpc) is 2.37. The summed E-state index contributed by atoms with van der Waals surface area (Å²) in [5.41, 5.74) is 3.60. The molecule has 1 unspecified atom stereocenters. The van der Waals surface area contributed by atoms with Gasteiger partial charge in [0.15, 0.2) is 0 Å². The predicted octanol–water partition coefficient (Wildman–Crippen LogP) is 3.58. The van der Waals surface area contributed by atoms with E-state index < -0.39 is 0 Å². The molecule has 0 aromatic heterocycles. The first-order chi connectivity index (χ1) is 9.06. The molecule has 1 atom stereocenters. The fraction of sp³-hybridized carbons (Fsp3) is 0.471. The maximum absolute atomic E-state index is 12.1. The third-order valence-corrected chi connectivity index (χ3v) is 3.80. The molecule has 2 rings (SSSR count). The van der Waals surface area contributed by atoms with Crippen molar-refractivity contribution in [3.05, 3.63) is 41.0 Å². The summed E-state index contributed by atoms with van der Waals surface area (Å²) in [4.78, 5) is 14.1. The van der Waals surface area contributed by atoms with E-state index in [1.807, 2.05) is 11.0 Å². The molecule has 1 aliphatic rings. The number of carbonyl (C=O) groups excluding carboxylic acids is 1. The molecular formula is C17H23NO. The number of piperidine rings is 1. The summed E-state index contributed by atoms with van der Waals surface area (Å²) in [6, 6.07) is 6.31. The fourth-order valence-corrected chi connectivity index (χ4v) is 2.67. The van der Waals surface area contributed by atoms with Crippen LogP contribution in [0.15, 0.2) is 24.3 Å². The van der Waals surface area contributed by atoms with Crippen molar-refractivity contribution in [2.45, 2.75) is 33.6 Å². The van der Waals surface area contributed by atoms with E-state index in [-0.39, 0.29) is 5.91 Å². The van der Waals surface area contributed by atoms with Gasteiger partial charge in [0.05, 0.1) is 0 Å². The van der Waals surface area contributed by atoms with Gasteiger partial charge in [0.2, 0.25) is 5.91 Å². The zero-order chi connectivity index (χ0) is 13.8. The molecule has 0 saturated carbocycles. The van der Waals surface area contributed by atoms with Crippen LogP contribution >= 0.6 is 0 Å². The van der Waals surface area contributed by atoms with Gasteiger partial charge in [-0.2, -0.15) is 0 Å². The Labute approximate surface area is 116 Å². The highest BCUT2D eigenvalue weighted by Gasteiger charge is 2.18. The van der Waals surface area contributed by atoms with Gasteiger partial charge in [-0.05, 0) is 49.8 Å². The summed E-state index contributed by atoms with van der Waals surface area (Å²) in [5.74, 6) is 0.777. The van der Waals surface area contributed by atoms with Crippen molar-refractivity contribution in [1.82, 2.24) is 4.90 Å². The Morgan fingerprint density at radius 1 is 1.37 bits per heavy atom. The molecule has 102 valence electrons. The van der Waals surface area contributed by atoms with Crippen molar-refractivity contribution in [2.75, 3.05) is 13.1 Å². The first-order valence-corrected chi connectivity index (χ1v) is 7.10. The summed E-state index contributed by atoms with van der Waals surface area (Å²) < 4.78 is 0. The third-order valence-electron chi connectivity index (χ3n) is 3.80. The lowest BCUT2D eigenvalue weighted by Gasteiger charge is -2.30. The van der Waals surface area contributed by atoms with Crippen LogP contribution in [-0.2, 0) is 4.79 Å². The molecule has 0 aliphatic carbocycles. The summed E-state index contributed by atoms with van der Waals surface area (Å²) in [6.45, 7) is 8.19. The van der Waals surface area contributed by atoms with Gasteiger partial charge < -0.3 is 4.90 Å². The molecule has 1 aliphatic heterocycles. The Hall–Kier alpha value is -1.57. The summed E-state index contributed by atoms with van der Waals surface area (Å²) in [6.07, 6.45) is 6.03. The molecule has 1 aromatic rings. The topological polar surface area (TPSA) is 20.3 Å². The second-order valence-electron chi connectivity index (χ2n) is 5.73. The SMILES string of the molecule is Cc1ccc(/C=C/C(=O)N2CCCC(C)C2)c(C)c1. The van der Waals surface area contributed by atoms with E-state index >= 15 is 0 Å². The molecule has 0 bridgehead atoms. The number of benzene rings is 1. The largest absolute Gasteiger partial charge is 0.339 e. The van der Waals surface area contributed by atoms with Crippen molar-refractivity contribution >= 4 is 12.0 Å². The smallest absolute Gasteiger partial charge is 0.246 e. The van der Waals surface area contributed by atoms with Crippen molar-refractivity contribution < 1.29 is 4.79 Å². The second-order valence-corrected chi connectivity index (χ2v) is 5.73. The van der Waals surface area contributed by atoms with Gasteiger partial charge in [0.1, 0.15) is 0 Å². The first kappa shape index (κ1) is 13.9. The highest BCUT2D eigenvalue weighted by Crippen LogP contribution is 2.17. The first-order valence-electron chi connectivity index (χ1n) is 7.10. The maximum Gasteiger partial charge on any atom is 0.246 e. The molecule has 2 heteroatoms. The Morgan fingerprint density at radius 2 is 2.16 bits per heavy atom. The monoisotopic (exact) mass is 257 g/mol. The van der Waals surface area contributed by atoms with Crippen LogP contribution in [0, 0.1) is 19.8 Å². The van der Waals surface area contributed by atoms with Crippen LogP contribution < -0.4 is 0 Å². The lowest BCUT2D eigenvalue weighted by atomic mass is 10.00. The van der Waals surface area contributed by atoms with E-state index in [0.29, 0.717) is 5.92 Å². The summed E-state index contributed by atoms with van der Waals surface area (Å²) in [5, 5.41) is 0. The number of likely N-dealkylation sites (tertiary alicyclic amines) is 1. The number of nitrogens with zero attached hydrogens (tertiary/aromatic N) is 1. The van der Waals surface area contributed by atoms with Crippen LogP contribution in [0.1, 0.15) is 36.5 Å². The van der Waals surface area contributed by atoms with Gasteiger partial charge in [0, 0.05) is 19.2 Å². The van der Waals surface area contributed by atoms with Gasteiger partial charge in [-0.1, -0.05) is 30.7 Å². The van der Waals surface area contributed by atoms with E-state index in [4.69, 9.17) is 0 Å². The number of aryl methyl sites for hydroxylation is 2. The molecule has 1 heterocycles. The second kappa shape index (κ2) is 6.05. The summed E-state index contributed by atoms with van der Waals surface area (Å²) in [7, 11) is 0. The van der Waals surface area contributed by atoms with Gasteiger partial charge in [-0.15, -0.1) is 0 Å². The molecule has 0 N–H and O–H groups in total. The maximum atomic E-state index is 12.1. The number of amides is 1. The highest BCUT2D eigenvalue weighted by atomic mass is 16.2. The molecule has 1 fully saturated rings. The van der Waals surface area contributed by atoms with Crippen LogP contribution in [0.2, 0.25) is 0 Å². The van der Waals surface area contributed by atoms with Crippen LogP contribution in [-0.4, -0.2) is 23.9 Å². The van der Waals surface area contributed by atoms with Crippen LogP contribution in [0.25, 0.3) is 6.08 Å². The van der Waals surface area contributed by atoms with Crippen molar-refractivity contribution in [1.29, 1.82) is 0 Å². The van der Waals surface area contributed by atoms with Crippen molar-refractivity contribution in [3.8, 4) is 0 Å². The molecule has 0 radical (unpaired) electrons. The molecular weight excluding hydrogens is 234 g/mol. The zero-order valence-corrected chi connectivity index (χ0v) is 12.1. The molecule has 1 aromatic carbocycles. The minimum atomic E-state index is 0.145. The van der Waals surface area contributed by atoms with Crippen molar-refractivity contribution in [3.63, 3.8) is 0 Å². The van der Waals surface area contributed by atoms with E-state index in [1.165, 1.54) is 17.5 Å². The van der Waals surface area contributed by atoms with E-state index in [0.717, 1.165) is 25.1 Å². The van der Waals surface area contributed by atoms with Gasteiger partial charge in [-0.25, -0.2) is 0 Å². The molecule has 0 spiro atoms. The predicted molar refractivity (Wildman–Crippen MR) is 79.9 cm³/mol. The van der Waals surface area contributed by atoms with Crippen molar-refractivity contribution in [2.24, 2.45) is 5.92 Å². The number of carbonyl (C=O) groups is 1. The van der Waals surface area contributed by atoms with Crippen LogP contribution in [0.5, 0.6) is 0 Å². The summed E-state index contributed by atoms with van der Waals surface area (Å²) >= 11 is 0. The number of hydrogen-bond acceptors (Lipinski definition) is 1. The van der Waals surface area contributed by atoms with E-state index in [1.54, 1.807) is 6.08 Å². The molecule has 1 amide bonds. The standard InChI is InChI=1S/C17H23NO/c1-13-6-7-16(15(3)11-13)8-9-17(19)18-10-4-5-14(2)12-18/h6-9,11,14H,4-5,10,12H2,1-3H3/b9-8+.